The van der Waals surface area contributed by atoms with Crippen molar-refractivity contribution in [3.63, 3.8) is 0 Å². The summed E-state index contributed by atoms with van der Waals surface area (Å²) in [5.74, 6) is 0.777. The molecule has 0 aromatic rings. The highest BCUT2D eigenvalue weighted by molar-refractivity contribution is 5.71. The van der Waals surface area contributed by atoms with Gasteiger partial charge >= 0.3 is 17.9 Å². The highest BCUT2D eigenvalue weighted by Gasteiger charge is 2.19. The molecule has 0 aliphatic carbocycles. The second-order valence-electron chi connectivity index (χ2n) is 18.1. The highest BCUT2D eigenvalue weighted by atomic mass is 16.6. The highest BCUT2D eigenvalue weighted by Crippen LogP contribution is 2.17. The number of ether oxygens (including phenoxy) is 3. The maximum Gasteiger partial charge on any atom is 0.306 e. The molecular weight excluding hydrogens is 697 g/mol. The van der Waals surface area contributed by atoms with Crippen molar-refractivity contribution >= 4 is 17.9 Å². The molecule has 0 N–H and O–H groups in total. The Labute approximate surface area is 348 Å². The first-order valence-corrected chi connectivity index (χ1v) is 24.7. The summed E-state index contributed by atoms with van der Waals surface area (Å²) in [6.07, 6.45) is 42.5. The molecule has 0 radical (unpaired) electrons. The fraction of sp³-hybridized carbons (Fsp3) is 0.940. The third-order valence-electron chi connectivity index (χ3n) is 11.2. The summed E-state index contributed by atoms with van der Waals surface area (Å²) < 4.78 is 16.7. The minimum absolute atomic E-state index is 0.0646. The number of hydrogen-bond acceptors (Lipinski definition) is 6. The van der Waals surface area contributed by atoms with Gasteiger partial charge in [0.1, 0.15) is 13.2 Å². The van der Waals surface area contributed by atoms with Gasteiger partial charge in [0.25, 0.3) is 0 Å². The van der Waals surface area contributed by atoms with E-state index in [1.54, 1.807) is 0 Å². The van der Waals surface area contributed by atoms with Crippen molar-refractivity contribution in [2.24, 2.45) is 11.8 Å². The minimum Gasteiger partial charge on any atom is -0.462 e. The molecule has 332 valence electrons. The van der Waals surface area contributed by atoms with E-state index in [0.29, 0.717) is 19.3 Å². The lowest BCUT2D eigenvalue weighted by atomic mass is 10.0. The van der Waals surface area contributed by atoms with Crippen LogP contribution in [0.4, 0.5) is 0 Å². The molecule has 0 rings (SSSR count). The first kappa shape index (κ1) is 54.4. The van der Waals surface area contributed by atoms with Crippen LogP contribution in [-0.2, 0) is 28.6 Å². The van der Waals surface area contributed by atoms with E-state index in [2.05, 4.69) is 34.6 Å². The van der Waals surface area contributed by atoms with E-state index in [0.717, 1.165) is 69.6 Å². The average Bonchev–Trinajstić information content (AvgIpc) is 3.16. The molecule has 6 heteroatoms. The van der Waals surface area contributed by atoms with Gasteiger partial charge < -0.3 is 14.2 Å². The summed E-state index contributed by atoms with van der Waals surface area (Å²) in [5, 5.41) is 0. The predicted molar refractivity (Wildman–Crippen MR) is 238 cm³/mol. The smallest absolute Gasteiger partial charge is 0.306 e. The molecule has 56 heavy (non-hydrogen) atoms. The van der Waals surface area contributed by atoms with Gasteiger partial charge in [-0.05, 0) is 31.1 Å². The van der Waals surface area contributed by atoms with Crippen LogP contribution in [0.25, 0.3) is 0 Å². The van der Waals surface area contributed by atoms with E-state index in [1.807, 2.05) is 0 Å². The van der Waals surface area contributed by atoms with Gasteiger partial charge in [-0.25, -0.2) is 0 Å². The second kappa shape index (κ2) is 43.0. The lowest BCUT2D eigenvalue weighted by Gasteiger charge is -2.18. The van der Waals surface area contributed by atoms with Crippen molar-refractivity contribution in [1.82, 2.24) is 0 Å². The third-order valence-corrected chi connectivity index (χ3v) is 11.2. The molecule has 0 heterocycles. The summed E-state index contributed by atoms with van der Waals surface area (Å²) in [6.45, 7) is 11.3. The first-order valence-electron chi connectivity index (χ1n) is 24.7. The van der Waals surface area contributed by atoms with Crippen LogP contribution in [0.1, 0.15) is 272 Å². The van der Waals surface area contributed by atoms with E-state index in [-0.39, 0.29) is 31.1 Å². The molecule has 0 aromatic heterocycles. The maximum absolute atomic E-state index is 12.7. The van der Waals surface area contributed by atoms with E-state index >= 15 is 0 Å². The number of hydrogen-bond donors (Lipinski definition) is 0. The van der Waals surface area contributed by atoms with Crippen LogP contribution in [0.15, 0.2) is 0 Å². The molecule has 0 spiro atoms. The Morgan fingerprint density at radius 3 is 0.875 bits per heavy atom. The molecule has 0 saturated carbocycles. The van der Waals surface area contributed by atoms with Gasteiger partial charge in [0.15, 0.2) is 6.10 Å². The van der Waals surface area contributed by atoms with E-state index in [4.69, 9.17) is 14.2 Å². The van der Waals surface area contributed by atoms with E-state index in [9.17, 15) is 14.4 Å². The summed E-state index contributed by atoms with van der Waals surface area (Å²) in [7, 11) is 0. The predicted octanol–water partition coefficient (Wildman–Crippen LogP) is 15.8. The Hall–Kier alpha value is -1.59. The number of carbonyl (C=O) groups is 3. The molecule has 0 fully saturated rings. The molecule has 6 nitrogen and oxygen atoms in total. The van der Waals surface area contributed by atoms with Gasteiger partial charge in [-0.2, -0.15) is 0 Å². The molecule has 1 atom stereocenters. The van der Waals surface area contributed by atoms with Crippen molar-refractivity contribution in [3.8, 4) is 0 Å². The number of unbranched alkanes of at least 4 members (excludes halogenated alkanes) is 29. The van der Waals surface area contributed by atoms with Crippen LogP contribution < -0.4 is 0 Å². The third kappa shape index (κ3) is 43.5. The van der Waals surface area contributed by atoms with Crippen molar-refractivity contribution < 1.29 is 28.6 Å². The summed E-state index contributed by atoms with van der Waals surface area (Å²) in [6, 6.07) is 0. The maximum atomic E-state index is 12.7. The van der Waals surface area contributed by atoms with Crippen LogP contribution in [0.2, 0.25) is 0 Å². The van der Waals surface area contributed by atoms with Gasteiger partial charge in [0.05, 0.1) is 0 Å². The van der Waals surface area contributed by atoms with Crippen molar-refractivity contribution in [1.29, 1.82) is 0 Å². The van der Waals surface area contributed by atoms with Crippen molar-refractivity contribution in [3.05, 3.63) is 0 Å². The van der Waals surface area contributed by atoms with Gasteiger partial charge in [-0.1, -0.05) is 234 Å². The Morgan fingerprint density at radius 2 is 0.589 bits per heavy atom. The van der Waals surface area contributed by atoms with E-state index in [1.165, 1.54) is 161 Å². The van der Waals surface area contributed by atoms with Crippen LogP contribution >= 0.6 is 0 Å². The van der Waals surface area contributed by atoms with Gasteiger partial charge in [-0.3, -0.25) is 14.4 Å². The Bertz CT molecular complexity index is 854. The summed E-state index contributed by atoms with van der Waals surface area (Å²) in [5.41, 5.74) is 0. The van der Waals surface area contributed by atoms with E-state index < -0.39 is 6.10 Å². The Morgan fingerprint density at radius 1 is 0.339 bits per heavy atom. The first-order chi connectivity index (χ1) is 27.2. The second-order valence-corrected chi connectivity index (χ2v) is 18.1. The molecule has 0 amide bonds. The van der Waals surface area contributed by atoms with Crippen LogP contribution in [0.5, 0.6) is 0 Å². The molecule has 0 aliphatic heterocycles. The zero-order valence-electron chi connectivity index (χ0n) is 38.3. The standard InChI is InChI=1S/C50H96O6/c1-6-7-8-9-10-19-26-32-37-42-50(53)56-47(44-55-49(52)41-36-31-27-22-24-29-34-39-46(4)5)43-54-48(51)40-35-30-25-21-18-16-14-12-11-13-15-17-20-23-28-33-38-45(2)3/h45-47H,6-44H2,1-5H3/t47-/m0/s1. The lowest BCUT2D eigenvalue weighted by molar-refractivity contribution is -0.167. The zero-order chi connectivity index (χ0) is 41.2. The van der Waals surface area contributed by atoms with Crippen molar-refractivity contribution in [2.45, 2.75) is 278 Å². The molecule has 0 aromatic carbocycles. The number of carbonyl (C=O) groups excluding carboxylic acids is 3. The topological polar surface area (TPSA) is 78.9 Å². The van der Waals surface area contributed by atoms with Crippen LogP contribution in [0, 0.1) is 11.8 Å². The largest absolute Gasteiger partial charge is 0.462 e. The lowest BCUT2D eigenvalue weighted by Crippen LogP contribution is -2.30. The van der Waals surface area contributed by atoms with Crippen LogP contribution in [-0.4, -0.2) is 37.2 Å². The zero-order valence-corrected chi connectivity index (χ0v) is 38.3. The molecule has 0 unspecified atom stereocenters. The summed E-state index contributed by atoms with van der Waals surface area (Å²) in [4.78, 5) is 37.7. The van der Waals surface area contributed by atoms with Crippen molar-refractivity contribution in [2.75, 3.05) is 13.2 Å². The molecule has 0 saturated heterocycles. The fourth-order valence-corrected chi connectivity index (χ4v) is 7.46. The summed E-state index contributed by atoms with van der Waals surface area (Å²) >= 11 is 0. The monoisotopic (exact) mass is 793 g/mol. The molecular formula is C50H96O6. The average molecular weight is 793 g/mol. The Kier molecular flexibility index (Phi) is 41.8. The quantitative estimate of drug-likeness (QED) is 0.0347. The molecule has 0 aliphatic rings. The fourth-order valence-electron chi connectivity index (χ4n) is 7.46. The number of esters is 3. The minimum atomic E-state index is -0.760. The number of rotatable bonds is 44. The SMILES string of the molecule is CCCCCCCCCCCC(=O)O[C@@H](COC(=O)CCCCCCCCCCCCCCCCCCC(C)C)COC(=O)CCCCCCCCCC(C)C. The Balaban J connectivity index is 4.19. The van der Waals surface area contributed by atoms with Gasteiger partial charge in [0, 0.05) is 19.3 Å². The molecule has 0 bridgehead atoms. The normalized spacial score (nSPS) is 12.1. The van der Waals surface area contributed by atoms with Gasteiger partial charge in [-0.15, -0.1) is 0 Å². The van der Waals surface area contributed by atoms with Gasteiger partial charge in [0.2, 0.25) is 0 Å². The van der Waals surface area contributed by atoms with Crippen LogP contribution in [0.3, 0.4) is 0 Å².